The number of anilines is 1. The third-order valence-electron chi connectivity index (χ3n) is 5.52. The van der Waals surface area contributed by atoms with Crippen molar-refractivity contribution in [3.63, 3.8) is 0 Å². The Morgan fingerprint density at radius 2 is 1.96 bits per heavy atom. The highest BCUT2D eigenvalue weighted by atomic mass is 16.2. The number of carbonyl (C=O) groups excluding carboxylic acids is 2. The van der Waals surface area contributed by atoms with E-state index in [0.29, 0.717) is 13.1 Å². The van der Waals surface area contributed by atoms with Crippen LogP contribution >= 0.6 is 0 Å². The second-order valence-electron chi connectivity index (χ2n) is 7.15. The number of rotatable bonds is 4. The smallest absolute Gasteiger partial charge is 0.237 e. The van der Waals surface area contributed by atoms with Gasteiger partial charge in [0.05, 0.1) is 12.5 Å². The van der Waals surface area contributed by atoms with E-state index in [4.69, 9.17) is 0 Å². The maximum Gasteiger partial charge on any atom is 0.237 e. The molecule has 2 saturated heterocycles. The summed E-state index contributed by atoms with van der Waals surface area (Å²) in [5.41, 5.74) is 2.52. The fourth-order valence-corrected chi connectivity index (χ4v) is 3.98. The molecule has 1 aromatic rings. The molecule has 26 heavy (non-hydrogen) atoms. The summed E-state index contributed by atoms with van der Waals surface area (Å²) >= 11 is 0. The van der Waals surface area contributed by atoms with Crippen molar-refractivity contribution < 1.29 is 9.59 Å². The normalized spacial score (nSPS) is 22.1. The SMILES string of the molecule is CCN1CCNC(=O)[C@H]1CC(=O)N1CCCN(c2ccccc2C)CC1. The Balaban J connectivity index is 1.61. The van der Waals surface area contributed by atoms with Crippen LogP contribution in [0.4, 0.5) is 5.69 Å². The van der Waals surface area contributed by atoms with Crippen molar-refractivity contribution in [2.24, 2.45) is 0 Å². The number of aryl methyl sites for hydroxylation is 1. The Morgan fingerprint density at radius 3 is 2.73 bits per heavy atom. The summed E-state index contributed by atoms with van der Waals surface area (Å²) in [7, 11) is 0. The van der Waals surface area contributed by atoms with Gasteiger partial charge in [-0.25, -0.2) is 0 Å². The van der Waals surface area contributed by atoms with E-state index in [9.17, 15) is 9.59 Å². The predicted molar refractivity (Wildman–Crippen MR) is 103 cm³/mol. The lowest BCUT2D eigenvalue weighted by Crippen LogP contribution is -2.56. The summed E-state index contributed by atoms with van der Waals surface area (Å²) in [5, 5.41) is 2.89. The fourth-order valence-electron chi connectivity index (χ4n) is 3.98. The number of amides is 2. The molecule has 0 aliphatic carbocycles. The number of hydrogen-bond acceptors (Lipinski definition) is 4. The lowest BCUT2D eigenvalue weighted by atomic mass is 10.1. The highest BCUT2D eigenvalue weighted by molar-refractivity contribution is 5.88. The lowest BCUT2D eigenvalue weighted by molar-refractivity contribution is -0.138. The molecule has 0 unspecified atom stereocenters. The van der Waals surface area contributed by atoms with Crippen LogP contribution in [0, 0.1) is 6.92 Å². The minimum Gasteiger partial charge on any atom is -0.369 e. The van der Waals surface area contributed by atoms with E-state index >= 15 is 0 Å². The van der Waals surface area contributed by atoms with Crippen molar-refractivity contribution in [1.82, 2.24) is 15.1 Å². The predicted octanol–water partition coefficient (Wildman–Crippen LogP) is 1.24. The molecular weight excluding hydrogens is 328 g/mol. The van der Waals surface area contributed by atoms with E-state index in [-0.39, 0.29) is 24.3 Å². The minimum absolute atomic E-state index is 0.0113. The van der Waals surface area contributed by atoms with Crippen LogP contribution in [0.25, 0.3) is 0 Å². The summed E-state index contributed by atoms with van der Waals surface area (Å²) in [6.45, 7) is 9.74. The molecule has 0 saturated carbocycles. The zero-order chi connectivity index (χ0) is 18.5. The summed E-state index contributed by atoms with van der Waals surface area (Å²) in [6.07, 6.45) is 1.23. The number of carbonyl (C=O) groups is 2. The lowest BCUT2D eigenvalue weighted by Gasteiger charge is -2.34. The van der Waals surface area contributed by atoms with Crippen LogP contribution in [0.5, 0.6) is 0 Å². The van der Waals surface area contributed by atoms with Gasteiger partial charge in [0.25, 0.3) is 0 Å². The standard InChI is InChI=1S/C20H30N4O2/c1-3-22-12-9-21-20(26)18(22)15-19(25)24-11-6-10-23(13-14-24)17-8-5-4-7-16(17)2/h4-5,7-8,18H,3,6,9-15H2,1-2H3,(H,21,26)/t18-/m1/s1. The third kappa shape index (κ3) is 4.18. The zero-order valence-corrected chi connectivity index (χ0v) is 15.9. The second kappa shape index (κ2) is 8.54. The summed E-state index contributed by atoms with van der Waals surface area (Å²) < 4.78 is 0. The Morgan fingerprint density at radius 1 is 1.15 bits per heavy atom. The van der Waals surface area contributed by atoms with Crippen LogP contribution in [0.1, 0.15) is 25.3 Å². The highest BCUT2D eigenvalue weighted by Crippen LogP contribution is 2.21. The van der Waals surface area contributed by atoms with Crippen molar-refractivity contribution in [3.8, 4) is 0 Å². The van der Waals surface area contributed by atoms with Crippen molar-refractivity contribution in [2.75, 3.05) is 50.7 Å². The third-order valence-corrected chi connectivity index (χ3v) is 5.52. The Labute approximate surface area is 156 Å². The van der Waals surface area contributed by atoms with Crippen LogP contribution in [0.15, 0.2) is 24.3 Å². The minimum atomic E-state index is -0.322. The van der Waals surface area contributed by atoms with Gasteiger partial charge in [-0.15, -0.1) is 0 Å². The van der Waals surface area contributed by atoms with Gasteiger partial charge in [-0.05, 0) is 31.5 Å². The number of nitrogens with one attached hydrogen (secondary N) is 1. The van der Waals surface area contributed by atoms with Gasteiger partial charge in [0.15, 0.2) is 0 Å². The molecule has 2 fully saturated rings. The molecule has 142 valence electrons. The molecule has 2 aliphatic heterocycles. The van der Waals surface area contributed by atoms with Crippen LogP contribution < -0.4 is 10.2 Å². The topological polar surface area (TPSA) is 55.9 Å². The van der Waals surface area contributed by atoms with Crippen LogP contribution in [-0.4, -0.2) is 73.5 Å². The first-order chi connectivity index (χ1) is 12.6. The summed E-state index contributed by atoms with van der Waals surface area (Å²) in [4.78, 5) is 31.4. The van der Waals surface area contributed by atoms with Gasteiger partial charge < -0.3 is 15.1 Å². The van der Waals surface area contributed by atoms with Gasteiger partial charge in [-0.3, -0.25) is 14.5 Å². The number of piperazine rings is 1. The first-order valence-corrected chi connectivity index (χ1v) is 9.70. The monoisotopic (exact) mass is 358 g/mol. The van der Waals surface area contributed by atoms with Gasteiger partial charge in [-0.2, -0.15) is 0 Å². The molecule has 1 N–H and O–H groups in total. The van der Waals surface area contributed by atoms with Crippen molar-refractivity contribution in [1.29, 1.82) is 0 Å². The Bertz CT molecular complexity index is 648. The molecule has 0 radical (unpaired) electrons. The van der Waals surface area contributed by atoms with Gasteiger partial charge >= 0.3 is 0 Å². The first kappa shape index (κ1) is 18.7. The van der Waals surface area contributed by atoms with Crippen LogP contribution in [0.2, 0.25) is 0 Å². The Hall–Kier alpha value is -2.08. The molecule has 6 heteroatoms. The van der Waals surface area contributed by atoms with Crippen molar-refractivity contribution in [3.05, 3.63) is 29.8 Å². The zero-order valence-electron chi connectivity index (χ0n) is 15.9. The second-order valence-corrected chi connectivity index (χ2v) is 7.15. The number of nitrogens with zero attached hydrogens (tertiary/aromatic N) is 3. The average Bonchev–Trinajstić information content (AvgIpc) is 2.90. The molecule has 0 aromatic heterocycles. The molecule has 1 aromatic carbocycles. The maximum absolute atomic E-state index is 12.8. The molecule has 2 heterocycles. The van der Waals surface area contributed by atoms with Crippen LogP contribution in [0.3, 0.4) is 0 Å². The number of hydrogen-bond donors (Lipinski definition) is 1. The number of likely N-dealkylation sites (N-methyl/N-ethyl adjacent to an activating group) is 1. The highest BCUT2D eigenvalue weighted by Gasteiger charge is 2.32. The molecule has 3 rings (SSSR count). The molecule has 2 amide bonds. The van der Waals surface area contributed by atoms with E-state index in [2.05, 4.69) is 46.3 Å². The largest absolute Gasteiger partial charge is 0.369 e. The van der Waals surface area contributed by atoms with E-state index in [1.807, 2.05) is 11.8 Å². The van der Waals surface area contributed by atoms with Crippen molar-refractivity contribution >= 4 is 17.5 Å². The molecule has 6 nitrogen and oxygen atoms in total. The molecule has 0 bridgehead atoms. The molecule has 2 aliphatic rings. The maximum atomic E-state index is 12.8. The fraction of sp³-hybridized carbons (Fsp3) is 0.600. The van der Waals surface area contributed by atoms with Gasteiger partial charge in [0.1, 0.15) is 0 Å². The van der Waals surface area contributed by atoms with Gasteiger partial charge in [0.2, 0.25) is 11.8 Å². The number of para-hydroxylation sites is 1. The molecule has 0 spiro atoms. The van der Waals surface area contributed by atoms with E-state index in [1.165, 1.54) is 11.3 Å². The summed E-state index contributed by atoms with van der Waals surface area (Å²) in [5.74, 6) is 0.0833. The number of benzene rings is 1. The van der Waals surface area contributed by atoms with Gasteiger partial charge in [0, 0.05) is 45.0 Å². The Kier molecular flexibility index (Phi) is 6.14. The average molecular weight is 358 g/mol. The molecular formula is C20H30N4O2. The first-order valence-electron chi connectivity index (χ1n) is 9.70. The summed E-state index contributed by atoms with van der Waals surface area (Å²) in [6, 6.07) is 8.08. The van der Waals surface area contributed by atoms with E-state index < -0.39 is 0 Å². The van der Waals surface area contributed by atoms with Crippen LogP contribution in [-0.2, 0) is 9.59 Å². The van der Waals surface area contributed by atoms with Gasteiger partial charge in [-0.1, -0.05) is 25.1 Å². The molecule has 1 atom stereocenters. The van der Waals surface area contributed by atoms with Crippen molar-refractivity contribution in [2.45, 2.75) is 32.7 Å². The van der Waals surface area contributed by atoms with E-state index in [1.54, 1.807) is 0 Å². The van der Waals surface area contributed by atoms with E-state index in [0.717, 1.165) is 39.1 Å². The quantitative estimate of drug-likeness (QED) is 0.880.